The van der Waals surface area contributed by atoms with Crippen molar-refractivity contribution in [1.82, 2.24) is 4.90 Å². The van der Waals surface area contributed by atoms with E-state index in [-0.39, 0.29) is 12.4 Å². The molecule has 2 aromatic rings. The van der Waals surface area contributed by atoms with Crippen LogP contribution in [-0.4, -0.2) is 41.6 Å². The van der Waals surface area contributed by atoms with Gasteiger partial charge >= 0.3 is 0 Å². The number of rotatable bonds is 7. The van der Waals surface area contributed by atoms with Gasteiger partial charge in [0.1, 0.15) is 18.5 Å². The molecule has 128 valence electrons. The topological polar surface area (TPSA) is 49.8 Å². The van der Waals surface area contributed by atoms with Crippen molar-refractivity contribution in [2.75, 3.05) is 19.7 Å². The molecule has 0 saturated carbocycles. The number of benzene rings is 1. The summed E-state index contributed by atoms with van der Waals surface area (Å²) in [6, 6.07) is 9.67. The second-order valence-corrected chi connectivity index (χ2v) is 7.04. The number of likely N-dealkylation sites (tertiary alicyclic amines) is 1. The summed E-state index contributed by atoms with van der Waals surface area (Å²) in [6.07, 6.45) is 1.75. The normalized spacial score (nSPS) is 19.3. The van der Waals surface area contributed by atoms with Gasteiger partial charge in [-0.2, -0.15) is 11.3 Å². The fraction of sp³-hybridized carbons (Fsp3) is 0.421. The third-order valence-electron chi connectivity index (χ3n) is 4.42. The number of thiophene rings is 1. The van der Waals surface area contributed by atoms with Crippen LogP contribution in [0.15, 0.2) is 41.1 Å². The van der Waals surface area contributed by atoms with Crippen molar-refractivity contribution in [3.63, 3.8) is 0 Å². The third kappa shape index (κ3) is 4.23. The van der Waals surface area contributed by atoms with Crippen molar-refractivity contribution < 1.29 is 14.6 Å². The SMILES string of the molecule is CC(=O)c1cccc(OC[C@H](O)CN2CCC[C@@H]2c2ccsc2)c1. The average molecular weight is 345 g/mol. The molecule has 0 unspecified atom stereocenters. The van der Waals surface area contributed by atoms with Gasteiger partial charge in [-0.15, -0.1) is 0 Å². The fourth-order valence-corrected chi connectivity index (χ4v) is 3.91. The summed E-state index contributed by atoms with van der Waals surface area (Å²) in [5, 5.41) is 14.6. The van der Waals surface area contributed by atoms with Gasteiger partial charge in [0.2, 0.25) is 0 Å². The van der Waals surface area contributed by atoms with Gasteiger partial charge in [-0.05, 0) is 60.8 Å². The van der Waals surface area contributed by atoms with Crippen molar-refractivity contribution in [2.45, 2.75) is 31.9 Å². The summed E-state index contributed by atoms with van der Waals surface area (Å²) >= 11 is 1.72. The minimum absolute atomic E-state index is 0.0108. The molecule has 2 atom stereocenters. The second kappa shape index (κ2) is 7.92. The Labute approximate surface area is 146 Å². The summed E-state index contributed by atoms with van der Waals surface area (Å²) in [5.74, 6) is 0.634. The van der Waals surface area contributed by atoms with E-state index < -0.39 is 6.10 Å². The number of hydrogen-bond acceptors (Lipinski definition) is 5. The molecule has 1 aromatic carbocycles. The van der Waals surface area contributed by atoms with Crippen LogP contribution < -0.4 is 4.74 Å². The van der Waals surface area contributed by atoms with Crippen LogP contribution in [0, 0.1) is 0 Å². The fourth-order valence-electron chi connectivity index (χ4n) is 3.21. The molecular formula is C19H23NO3S. The molecule has 2 heterocycles. The number of aliphatic hydroxyl groups is 1. The maximum atomic E-state index is 11.4. The Balaban J connectivity index is 1.53. The molecule has 0 radical (unpaired) electrons. The number of ether oxygens (including phenoxy) is 1. The number of Topliss-reactive ketones (excluding diaryl/α,β-unsaturated/α-hetero) is 1. The molecule has 0 aliphatic carbocycles. The zero-order valence-electron chi connectivity index (χ0n) is 13.9. The van der Waals surface area contributed by atoms with Crippen molar-refractivity contribution in [1.29, 1.82) is 0 Å². The lowest BCUT2D eigenvalue weighted by Crippen LogP contribution is -2.35. The maximum absolute atomic E-state index is 11.4. The Morgan fingerprint density at radius 2 is 2.33 bits per heavy atom. The summed E-state index contributed by atoms with van der Waals surface area (Å²) in [6.45, 7) is 3.38. The average Bonchev–Trinajstić information content (AvgIpc) is 3.24. The largest absolute Gasteiger partial charge is 0.491 e. The van der Waals surface area contributed by atoms with Crippen LogP contribution in [0.25, 0.3) is 0 Å². The molecule has 1 aliphatic heterocycles. The van der Waals surface area contributed by atoms with E-state index in [0.717, 1.165) is 19.4 Å². The maximum Gasteiger partial charge on any atom is 0.159 e. The molecule has 1 saturated heterocycles. The molecule has 1 N–H and O–H groups in total. The summed E-state index contributed by atoms with van der Waals surface area (Å²) in [7, 11) is 0. The number of carbonyl (C=O) groups is 1. The Kier molecular flexibility index (Phi) is 5.66. The van der Waals surface area contributed by atoms with Gasteiger partial charge in [0.15, 0.2) is 5.78 Å². The first-order valence-electron chi connectivity index (χ1n) is 8.31. The van der Waals surface area contributed by atoms with Crippen molar-refractivity contribution in [2.24, 2.45) is 0 Å². The zero-order chi connectivity index (χ0) is 16.9. The van der Waals surface area contributed by atoms with Gasteiger partial charge in [0.25, 0.3) is 0 Å². The molecule has 1 aromatic heterocycles. The van der Waals surface area contributed by atoms with E-state index in [1.54, 1.807) is 29.5 Å². The molecule has 5 heteroatoms. The molecule has 4 nitrogen and oxygen atoms in total. The van der Waals surface area contributed by atoms with Crippen LogP contribution in [0.4, 0.5) is 0 Å². The second-order valence-electron chi connectivity index (χ2n) is 6.26. The van der Waals surface area contributed by atoms with Crippen LogP contribution in [0.1, 0.15) is 41.7 Å². The number of hydrogen-bond donors (Lipinski definition) is 1. The molecule has 3 rings (SSSR count). The predicted molar refractivity (Wildman–Crippen MR) is 95.8 cm³/mol. The molecule has 1 aliphatic rings. The summed E-state index contributed by atoms with van der Waals surface area (Å²) in [5.41, 5.74) is 1.97. The molecule has 24 heavy (non-hydrogen) atoms. The van der Waals surface area contributed by atoms with E-state index >= 15 is 0 Å². The Hall–Kier alpha value is -1.69. The number of β-amino-alcohol motifs (C(OH)–C–C–N with tert-alkyl or cyclic N) is 1. The lowest BCUT2D eigenvalue weighted by atomic mass is 10.1. The van der Waals surface area contributed by atoms with Crippen LogP contribution in [0.5, 0.6) is 5.75 Å². The van der Waals surface area contributed by atoms with Gasteiger partial charge in [-0.25, -0.2) is 0 Å². The van der Waals surface area contributed by atoms with Gasteiger partial charge in [0, 0.05) is 18.2 Å². The van der Waals surface area contributed by atoms with Crippen molar-refractivity contribution in [3.8, 4) is 5.75 Å². The molecule has 0 amide bonds. The summed E-state index contributed by atoms with van der Waals surface area (Å²) in [4.78, 5) is 13.7. The van der Waals surface area contributed by atoms with Crippen LogP contribution in [0.3, 0.4) is 0 Å². The van der Waals surface area contributed by atoms with E-state index in [1.165, 1.54) is 12.5 Å². The molecular weight excluding hydrogens is 322 g/mol. The van der Waals surface area contributed by atoms with E-state index in [2.05, 4.69) is 21.7 Å². The number of carbonyl (C=O) groups excluding carboxylic acids is 1. The lowest BCUT2D eigenvalue weighted by molar-refractivity contribution is 0.0639. The molecule has 1 fully saturated rings. The standard InChI is InChI=1S/C19H23NO3S/c1-14(21)15-4-2-5-18(10-15)23-12-17(22)11-20-8-3-6-19(20)16-7-9-24-13-16/h2,4-5,7,9-10,13,17,19,22H,3,6,8,11-12H2,1H3/t17-,19-/m1/s1. The number of nitrogens with zero attached hydrogens (tertiary/aromatic N) is 1. The van der Waals surface area contributed by atoms with Gasteiger partial charge in [-0.1, -0.05) is 12.1 Å². The first-order valence-corrected chi connectivity index (χ1v) is 9.26. The van der Waals surface area contributed by atoms with Crippen molar-refractivity contribution in [3.05, 3.63) is 52.2 Å². The van der Waals surface area contributed by atoms with Gasteiger partial charge < -0.3 is 9.84 Å². The molecule has 0 bridgehead atoms. The van der Waals surface area contributed by atoms with E-state index in [9.17, 15) is 9.90 Å². The third-order valence-corrected chi connectivity index (χ3v) is 5.12. The van der Waals surface area contributed by atoms with Crippen molar-refractivity contribution >= 4 is 17.1 Å². The Morgan fingerprint density at radius 1 is 1.46 bits per heavy atom. The highest BCUT2D eigenvalue weighted by Crippen LogP contribution is 2.32. The smallest absolute Gasteiger partial charge is 0.159 e. The first kappa shape index (κ1) is 17.1. The Morgan fingerprint density at radius 3 is 3.08 bits per heavy atom. The highest BCUT2D eigenvalue weighted by Gasteiger charge is 2.27. The minimum Gasteiger partial charge on any atom is -0.491 e. The minimum atomic E-state index is -0.551. The van der Waals surface area contributed by atoms with E-state index in [0.29, 0.717) is 23.9 Å². The van der Waals surface area contributed by atoms with E-state index in [4.69, 9.17) is 4.74 Å². The highest BCUT2D eigenvalue weighted by atomic mass is 32.1. The quantitative estimate of drug-likeness (QED) is 0.780. The monoisotopic (exact) mass is 345 g/mol. The van der Waals surface area contributed by atoms with Gasteiger partial charge in [-0.3, -0.25) is 9.69 Å². The van der Waals surface area contributed by atoms with Crippen LogP contribution >= 0.6 is 11.3 Å². The van der Waals surface area contributed by atoms with E-state index in [1.807, 2.05) is 6.07 Å². The number of ketones is 1. The zero-order valence-corrected chi connectivity index (χ0v) is 14.7. The highest BCUT2D eigenvalue weighted by molar-refractivity contribution is 7.07. The number of aliphatic hydroxyl groups excluding tert-OH is 1. The van der Waals surface area contributed by atoms with Gasteiger partial charge in [0.05, 0.1) is 0 Å². The van der Waals surface area contributed by atoms with Crippen LogP contribution in [0.2, 0.25) is 0 Å². The predicted octanol–water partition coefficient (Wildman–Crippen LogP) is 3.53. The van der Waals surface area contributed by atoms with Crippen LogP contribution in [-0.2, 0) is 0 Å². The first-order chi connectivity index (χ1) is 11.6. The lowest BCUT2D eigenvalue weighted by Gasteiger charge is -2.26. The summed E-state index contributed by atoms with van der Waals surface area (Å²) < 4.78 is 5.67. The molecule has 0 spiro atoms. The Bertz CT molecular complexity index is 671.